The van der Waals surface area contributed by atoms with Crippen LogP contribution in [0.5, 0.6) is 17.6 Å². The molecule has 5 fully saturated rings. The zero-order valence-corrected chi connectivity index (χ0v) is 31.0. The lowest BCUT2D eigenvalue weighted by Gasteiger charge is -2.56. The number of halogens is 2. The number of terminal acetylenes is 1. The molecule has 5 aliphatic rings. The maximum atomic E-state index is 17.3. The van der Waals surface area contributed by atoms with Crippen molar-refractivity contribution in [2.45, 2.75) is 88.8 Å². The Hall–Kier alpha value is -4.31. The minimum atomic E-state index is -1.00. The van der Waals surface area contributed by atoms with E-state index in [1.165, 1.54) is 44.2 Å². The Morgan fingerprint density at radius 3 is 2.61 bits per heavy atom. The number of anilines is 1. The molecular weight excluding hydrogens is 692 g/mol. The second-order valence-electron chi connectivity index (χ2n) is 16.8. The van der Waals surface area contributed by atoms with Gasteiger partial charge in [-0.15, -0.1) is 6.42 Å². The van der Waals surface area contributed by atoms with Crippen LogP contribution in [0, 0.1) is 34.8 Å². The van der Waals surface area contributed by atoms with Crippen molar-refractivity contribution in [3.63, 3.8) is 0 Å². The van der Waals surface area contributed by atoms with Gasteiger partial charge in [0.25, 0.3) is 0 Å². The van der Waals surface area contributed by atoms with Crippen LogP contribution in [0.4, 0.5) is 14.6 Å². The minimum absolute atomic E-state index is 0.0276. The van der Waals surface area contributed by atoms with E-state index in [1.54, 1.807) is 6.92 Å². The van der Waals surface area contributed by atoms with Crippen LogP contribution in [-0.4, -0.2) is 94.3 Å². The number of likely N-dealkylation sites (tertiary alicyclic amines) is 1. The molecule has 2 saturated carbocycles. The Morgan fingerprint density at radius 1 is 1.04 bits per heavy atom. The van der Waals surface area contributed by atoms with Gasteiger partial charge in [-0.05, 0) is 100 Å². The summed E-state index contributed by atoms with van der Waals surface area (Å²) >= 11 is 0. The lowest BCUT2D eigenvalue weighted by Crippen LogP contribution is -2.60. The number of hydrogen-bond acceptors (Lipinski definition) is 10. The summed E-state index contributed by atoms with van der Waals surface area (Å²) in [4.78, 5) is 18.9. The van der Waals surface area contributed by atoms with Crippen LogP contribution in [0.2, 0.25) is 0 Å². The number of rotatable bonds is 7. The lowest BCUT2D eigenvalue weighted by atomic mass is 9.63. The number of phenolic OH excluding ortho intramolecular Hbond substituents is 1. The Morgan fingerprint density at radius 2 is 1.85 bits per heavy atom. The predicted molar refractivity (Wildman–Crippen MR) is 201 cm³/mol. The van der Waals surface area contributed by atoms with E-state index < -0.39 is 17.2 Å². The van der Waals surface area contributed by atoms with Crippen LogP contribution in [0.3, 0.4) is 0 Å². The molecule has 4 aromatic rings. The number of piperidine rings is 2. The van der Waals surface area contributed by atoms with Gasteiger partial charge in [-0.3, -0.25) is 4.90 Å². The smallest absolute Gasteiger partial charge is 0.319 e. The molecule has 3 saturated heterocycles. The number of phenols is 1. The third kappa shape index (κ3) is 5.82. The molecule has 2 aromatic carbocycles. The largest absolute Gasteiger partial charge is 0.508 e. The molecular formula is C42H47F2N5O5. The molecule has 9 rings (SSSR count). The van der Waals surface area contributed by atoms with Gasteiger partial charge in [0.05, 0.1) is 31.5 Å². The van der Waals surface area contributed by atoms with E-state index in [1.807, 2.05) is 4.90 Å². The normalized spacial score (nSPS) is 29.7. The summed E-state index contributed by atoms with van der Waals surface area (Å²) in [5, 5.41) is 22.7. The van der Waals surface area contributed by atoms with Crippen LogP contribution >= 0.6 is 0 Å². The summed E-state index contributed by atoms with van der Waals surface area (Å²) in [5.41, 5.74) is -1.02. The predicted octanol–water partition coefficient (Wildman–Crippen LogP) is 6.75. The Bertz CT molecular complexity index is 2180. The van der Waals surface area contributed by atoms with Crippen LogP contribution in [-0.2, 0) is 4.74 Å². The van der Waals surface area contributed by atoms with Crippen LogP contribution in [0.25, 0.3) is 32.9 Å². The number of fused-ring (bicyclic) bond motifs is 3. The van der Waals surface area contributed by atoms with E-state index >= 15 is 8.78 Å². The van der Waals surface area contributed by atoms with Gasteiger partial charge in [-0.2, -0.15) is 9.97 Å². The molecule has 5 heterocycles. The van der Waals surface area contributed by atoms with Crippen molar-refractivity contribution in [2.24, 2.45) is 10.8 Å². The first kappa shape index (κ1) is 35.4. The highest BCUT2D eigenvalue weighted by Gasteiger charge is 2.55. The summed E-state index contributed by atoms with van der Waals surface area (Å²) in [6, 6.07) is 6.44. The quantitative estimate of drug-likeness (QED) is 0.198. The Labute approximate surface area is 313 Å². The van der Waals surface area contributed by atoms with Gasteiger partial charge in [0, 0.05) is 48.1 Å². The van der Waals surface area contributed by atoms with Crippen LogP contribution in [0.15, 0.2) is 24.3 Å². The van der Waals surface area contributed by atoms with Crippen molar-refractivity contribution in [1.29, 1.82) is 0 Å². The second kappa shape index (κ2) is 13.2. The molecule has 0 bridgehead atoms. The number of nitrogens with zero attached hydrogens (tertiary/aromatic N) is 5. The Kier molecular flexibility index (Phi) is 8.63. The summed E-state index contributed by atoms with van der Waals surface area (Å²) in [5.74, 6) is 1.13. The molecule has 10 nitrogen and oxygen atoms in total. The van der Waals surface area contributed by atoms with Crippen molar-refractivity contribution < 1.29 is 33.2 Å². The number of aromatic hydroxyl groups is 1. The number of methoxy groups -OCH3 is 1. The van der Waals surface area contributed by atoms with Crippen molar-refractivity contribution in [3.05, 3.63) is 41.5 Å². The van der Waals surface area contributed by atoms with Gasteiger partial charge in [0.1, 0.15) is 34.0 Å². The molecule has 1 unspecified atom stereocenters. The highest BCUT2D eigenvalue weighted by atomic mass is 19.1. The van der Waals surface area contributed by atoms with Gasteiger partial charge < -0.3 is 29.3 Å². The first-order chi connectivity index (χ1) is 26.0. The summed E-state index contributed by atoms with van der Waals surface area (Å²) in [6.45, 7) is 5.84. The lowest BCUT2D eigenvalue weighted by molar-refractivity contribution is -0.0813. The van der Waals surface area contributed by atoms with Gasteiger partial charge in [-0.25, -0.2) is 13.8 Å². The van der Waals surface area contributed by atoms with E-state index in [4.69, 9.17) is 30.6 Å². The zero-order valence-electron chi connectivity index (χ0n) is 31.0. The standard InChI is InChI=1S/C42H47F2N5O5/c1-4-28-30(43)10-9-25-18-27(50)19-29(32(25)28)35-34(44)36-33(38(45-35)52-3)37(48-15-6-11-40(2,51)22-48)47-39(46-36)54-24-42-12-5-8-31(42)49(16-7-13-42)26-20-41(21-26)14-17-53-23-41/h1,9-10,18-19,26,31,50-51H,5-8,11-17,20-24H2,2-3H3/t26?,31?,40-,41?,42-/m1/s1. The zero-order chi connectivity index (χ0) is 37.4. The maximum Gasteiger partial charge on any atom is 0.319 e. The highest BCUT2D eigenvalue weighted by Crippen LogP contribution is 2.55. The first-order valence-electron chi connectivity index (χ1n) is 19.3. The van der Waals surface area contributed by atoms with Crippen molar-refractivity contribution >= 4 is 27.5 Å². The van der Waals surface area contributed by atoms with E-state index in [9.17, 15) is 10.2 Å². The number of aromatic nitrogens is 3. The van der Waals surface area contributed by atoms with Crippen molar-refractivity contribution in [1.82, 2.24) is 19.9 Å². The molecule has 284 valence electrons. The highest BCUT2D eigenvalue weighted by molar-refractivity contribution is 6.04. The SMILES string of the molecule is C#Cc1c(F)ccc2cc(O)cc(-c3nc(OC)c4c(N5CCC[C@@](C)(O)C5)nc(OC[C@]56CCCC5N(C5CC7(CCOC7)C5)CCC6)nc4c3F)c12. The van der Waals surface area contributed by atoms with E-state index in [0.29, 0.717) is 54.7 Å². The molecule has 2 aromatic heterocycles. The number of benzene rings is 2. The van der Waals surface area contributed by atoms with E-state index in [0.717, 1.165) is 58.3 Å². The third-order valence-electron chi connectivity index (χ3n) is 13.2. The number of ether oxygens (including phenoxy) is 3. The van der Waals surface area contributed by atoms with E-state index in [2.05, 4.69) is 15.8 Å². The molecule has 3 atom stereocenters. The van der Waals surface area contributed by atoms with Gasteiger partial charge in [0.2, 0.25) is 5.88 Å². The third-order valence-corrected chi connectivity index (χ3v) is 13.2. The van der Waals surface area contributed by atoms with E-state index in [-0.39, 0.29) is 62.7 Å². The number of β-amino-alcohol motifs (C(OH)–C–C–N with tert-alkyl or cyclic N) is 1. The molecule has 1 spiro atoms. The average Bonchev–Trinajstić information content (AvgIpc) is 3.82. The number of hydrogen-bond donors (Lipinski definition) is 2. The van der Waals surface area contributed by atoms with Crippen molar-refractivity contribution in [3.8, 4) is 41.2 Å². The molecule has 3 aliphatic heterocycles. The number of aliphatic hydroxyl groups is 1. The second-order valence-corrected chi connectivity index (χ2v) is 16.8. The fraction of sp³-hybridized carbons (Fsp3) is 0.548. The average molecular weight is 740 g/mol. The molecule has 54 heavy (non-hydrogen) atoms. The maximum absolute atomic E-state index is 17.3. The molecule has 12 heteroatoms. The monoisotopic (exact) mass is 739 g/mol. The molecule has 0 radical (unpaired) electrons. The summed E-state index contributed by atoms with van der Waals surface area (Å²) in [6.07, 6.45) is 16.0. The van der Waals surface area contributed by atoms with Gasteiger partial charge in [-0.1, -0.05) is 18.4 Å². The van der Waals surface area contributed by atoms with Crippen LogP contribution in [0.1, 0.15) is 76.7 Å². The fourth-order valence-electron chi connectivity index (χ4n) is 10.6. The summed E-state index contributed by atoms with van der Waals surface area (Å²) < 4.78 is 50.6. The van der Waals surface area contributed by atoms with Crippen molar-refractivity contribution in [2.75, 3.05) is 51.5 Å². The van der Waals surface area contributed by atoms with Gasteiger partial charge in [0.15, 0.2) is 5.82 Å². The molecule has 2 aliphatic carbocycles. The minimum Gasteiger partial charge on any atom is -0.508 e. The molecule has 0 amide bonds. The summed E-state index contributed by atoms with van der Waals surface area (Å²) in [7, 11) is 1.43. The number of pyridine rings is 1. The van der Waals surface area contributed by atoms with Crippen LogP contribution < -0.4 is 14.4 Å². The topological polar surface area (TPSA) is 113 Å². The Balaban J connectivity index is 1.14. The van der Waals surface area contributed by atoms with Gasteiger partial charge >= 0.3 is 6.01 Å². The first-order valence-corrected chi connectivity index (χ1v) is 19.3. The molecule has 2 N–H and O–H groups in total. The fourth-order valence-corrected chi connectivity index (χ4v) is 10.6.